The zero-order valence-corrected chi connectivity index (χ0v) is 37.5. The van der Waals surface area contributed by atoms with Gasteiger partial charge in [-0.15, -0.1) is 0 Å². The topological polar surface area (TPSA) is 165 Å². The molecule has 338 valence electrons. The van der Waals surface area contributed by atoms with Gasteiger partial charge in [0.2, 0.25) is 5.91 Å². The van der Waals surface area contributed by atoms with Gasteiger partial charge in [-0.3, -0.25) is 19.2 Å². The first kappa shape index (κ1) is 48.8. The second kappa shape index (κ2) is 24.6. The number of anilines is 2. The summed E-state index contributed by atoms with van der Waals surface area (Å²) in [5, 5.41) is 5.59. The summed E-state index contributed by atoms with van der Waals surface area (Å²) in [5.41, 5.74) is 1.83. The van der Waals surface area contributed by atoms with Crippen molar-refractivity contribution in [2.75, 3.05) is 83.5 Å². The molecule has 0 bridgehead atoms. The van der Waals surface area contributed by atoms with Crippen molar-refractivity contribution in [1.82, 2.24) is 15.1 Å². The van der Waals surface area contributed by atoms with E-state index in [9.17, 15) is 24.0 Å². The van der Waals surface area contributed by atoms with Crippen molar-refractivity contribution in [3.63, 3.8) is 0 Å². The SMILES string of the molecule is CCOC(=O)CCCOc1cc(C(=O)N(C)c2ccc(C)cc2OCCCCCC(=O)N2CCN(C)CC2)ccc1NC(=O)c1ccccc1OCCCNC(=O)OC(C)(C)C. The highest BCUT2D eigenvalue weighted by atomic mass is 16.6. The number of para-hydroxylation sites is 1. The van der Waals surface area contributed by atoms with Crippen LogP contribution in [0.1, 0.15) is 98.9 Å². The molecular formula is C47H65N5O10. The number of carbonyl (C=O) groups excluding carboxylic acids is 5. The van der Waals surface area contributed by atoms with Crippen molar-refractivity contribution in [2.45, 2.75) is 85.2 Å². The molecule has 0 spiro atoms. The summed E-state index contributed by atoms with van der Waals surface area (Å²) in [6.07, 6.45) is 3.35. The predicted molar refractivity (Wildman–Crippen MR) is 239 cm³/mol. The quantitative estimate of drug-likeness (QED) is 0.0772. The lowest BCUT2D eigenvalue weighted by Gasteiger charge is -2.32. The lowest BCUT2D eigenvalue weighted by Crippen LogP contribution is -2.47. The van der Waals surface area contributed by atoms with E-state index in [2.05, 4.69) is 22.6 Å². The van der Waals surface area contributed by atoms with E-state index in [4.69, 9.17) is 23.7 Å². The number of esters is 1. The summed E-state index contributed by atoms with van der Waals surface area (Å²) in [6.45, 7) is 13.8. The van der Waals surface area contributed by atoms with Gasteiger partial charge in [0, 0.05) is 58.2 Å². The zero-order chi connectivity index (χ0) is 45.1. The Balaban J connectivity index is 1.41. The highest BCUT2D eigenvalue weighted by Crippen LogP contribution is 2.33. The van der Waals surface area contributed by atoms with Crippen LogP contribution in [-0.4, -0.2) is 118 Å². The third-order valence-corrected chi connectivity index (χ3v) is 9.87. The third kappa shape index (κ3) is 16.2. The van der Waals surface area contributed by atoms with Gasteiger partial charge in [0.1, 0.15) is 22.8 Å². The highest BCUT2D eigenvalue weighted by Gasteiger charge is 2.22. The van der Waals surface area contributed by atoms with Gasteiger partial charge in [0.15, 0.2) is 0 Å². The number of nitrogens with one attached hydrogen (secondary N) is 2. The summed E-state index contributed by atoms with van der Waals surface area (Å²) in [5.74, 6) is 0.196. The monoisotopic (exact) mass is 859 g/mol. The molecule has 0 atom stereocenters. The van der Waals surface area contributed by atoms with Crippen molar-refractivity contribution in [3.05, 3.63) is 77.4 Å². The minimum absolute atomic E-state index is 0.117. The van der Waals surface area contributed by atoms with Crippen LogP contribution in [0.4, 0.5) is 16.2 Å². The van der Waals surface area contributed by atoms with Gasteiger partial charge < -0.3 is 49.0 Å². The first-order valence-electron chi connectivity index (χ1n) is 21.6. The Morgan fingerprint density at radius 2 is 1.45 bits per heavy atom. The second-order valence-electron chi connectivity index (χ2n) is 16.2. The maximum Gasteiger partial charge on any atom is 0.407 e. The smallest absolute Gasteiger partial charge is 0.407 e. The van der Waals surface area contributed by atoms with E-state index < -0.39 is 17.6 Å². The third-order valence-electron chi connectivity index (χ3n) is 9.87. The number of likely N-dealkylation sites (N-methyl/N-ethyl adjacent to an activating group) is 1. The fourth-order valence-corrected chi connectivity index (χ4v) is 6.51. The van der Waals surface area contributed by atoms with Gasteiger partial charge >= 0.3 is 12.1 Å². The molecule has 1 heterocycles. The summed E-state index contributed by atoms with van der Waals surface area (Å²) in [7, 11) is 3.74. The Morgan fingerprint density at radius 3 is 2.19 bits per heavy atom. The Bertz CT molecular complexity index is 1960. The van der Waals surface area contributed by atoms with Gasteiger partial charge in [-0.2, -0.15) is 0 Å². The van der Waals surface area contributed by atoms with E-state index in [-0.39, 0.29) is 55.3 Å². The molecule has 3 aromatic rings. The van der Waals surface area contributed by atoms with Crippen LogP contribution in [0.5, 0.6) is 17.2 Å². The molecule has 0 aliphatic carbocycles. The van der Waals surface area contributed by atoms with Crippen LogP contribution in [-0.2, 0) is 19.1 Å². The molecular weight excluding hydrogens is 795 g/mol. The maximum atomic E-state index is 14.1. The average molecular weight is 860 g/mol. The number of alkyl carbamates (subject to hydrolysis) is 1. The van der Waals surface area contributed by atoms with Gasteiger partial charge in [-0.1, -0.05) is 18.2 Å². The molecule has 0 saturated carbocycles. The Labute approximate surface area is 366 Å². The van der Waals surface area contributed by atoms with Gasteiger partial charge in [-0.05, 0) is 122 Å². The summed E-state index contributed by atoms with van der Waals surface area (Å²) >= 11 is 0. The molecule has 1 aliphatic heterocycles. The number of amides is 4. The van der Waals surface area contributed by atoms with Crippen molar-refractivity contribution < 1.29 is 47.7 Å². The van der Waals surface area contributed by atoms with Gasteiger partial charge in [-0.25, -0.2) is 4.79 Å². The molecule has 0 aromatic heterocycles. The Kier molecular flexibility index (Phi) is 19.4. The molecule has 4 rings (SSSR count). The molecule has 1 fully saturated rings. The minimum atomic E-state index is -0.607. The van der Waals surface area contributed by atoms with Crippen LogP contribution in [0.3, 0.4) is 0 Å². The van der Waals surface area contributed by atoms with E-state index in [0.29, 0.717) is 60.9 Å². The number of benzene rings is 3. The number of ether oxygens (including phenoxy) is 5. The summed E-state index contributed by atoms with van der Waals surface area (Å²) < 4.78 is 28.6. The first-order chi connectivity index (χ1) is 29.6. The Hall–Kier alpha value is -5.83. The van der Waals surface area contributed by atoms with Gasteiger partial charge in [0.05, 0.1) is 43.4 Å². The maximum absolute atomic E-state index is 14.1. The first-order valence-corrected chi connectivity index (χ1v) is 21.6. The lowest BCUT2D eigenvalue weighted by molar-refractivity contribution is -0.143. The van der Waals surface area contributed by atoms with E-state index in [1.807, 2.05) is 30.0 Å². The molecule has 3 aromatic carbocycles. The number of nitrogens with zero attached hydrogens (tertiary/aromatic N) is 3. The minimum Gasteiger partial charge on any atom is -0.493 e. The summed E-state index contributed by atoms with van der Waals surface area (Å²) in [6, 6.07) is 17.2. The van der Waals surface area contributed by atoms with E-state index in [1.54, 1.807) is 77.2 Å². The second-order valence-corrected chi connectivity index (χ2v) is 16.2. The highest BCUT2D eigenvalue weighted by molar-refractivity contribution is 6.09. The molecule has 15 nitrogen and oxygen atoms in total. The fraction of sp³-hybridized carbons (Fsp3) is 0.511. The van der Waals surface area contributed by atoms with Crippen LogP contribution in [0.15, 0.2) is 60.7 Å². The van der Waals surface area contributed by atoms with Crippen molar-refractivity contribution in [2.24, 2.45) is 0 Å². The number of piperazine rings is 1. The largest absolute Gasteiger partial charge is 0.493 e. The molecule has 62 heavy (non-hydrogen) atoms. The van der Waals surface area contributed by atoms with Crippen LogP contribution in [0.25, 0.3) is 0 Å². The molecule has 0 unspecified atom stereocenters. The van der Waals surface area contributed by atoms with Crippen LogP contribution < -0.4 is 29.7 Å². The predicted octanol–water partition coefficient (Wildman–Crippen LogP) is 7.25. The van der Waals surface area contributed by atoms with Crippen LogP contribution >= 0.6 is 0 Å². The Morgan fingerprint density at radius 1 is 0.758 bits per heavy atom. The lowest BCUT2D eigenvalue weighted by atomic mass is 10.1. The number of hydrogen-bond donors (Lipinski definition) is 2. The zero-order valence-electron chi connectivity index (χ0n) is 37.5. The number of hydrogen-bond acceptors (Lipinski definition) is 11. The number of rotatable bonds is 22. The van der Waals surface area contributed by atoms with Crippen LogP contribution in [0.2, 0.25) is 0 Å². The molecule has 4 amide bonds. The van der Waals surface area contributed by atoms with Crippen LogP contribution in [0, 0.1) is 6.92 Å². The molecule has 1 aliphatic rings. The van der Waals surface area contributed by atoms with Crippen molar-refractivity contribution in [3.8, 4) is 17.2 Å². The molecule has 0 radical (unpaired) electrons. The molecule has 2 N–H and O–H groups in total. The van der Waals surface area contributed by atoms with E-state index in [1.165, 1.54) is 4.90 Å². The molecule has 15 heteroatoms. The van der Waals surface area contributed by atoms with Crippen molar-refractivity contribution in [1.29, 1.82) is 0 Å². The summed E-state index contributed by atoms with van der Waals surface area (Å²) in [4.78, 5) is 70.1. The molecule has 1 saturated heterocycles. The van der Waals surface area contributed by atoms with Gasteiger partial charge in [0.25, 0.3) is 11.8 Å². The standard InChI is InChI=1S/C47H65N5O10/c1-8-58-43(54)19-14-30-60-40-33-35(21-22-37(40)49-44(55)36-16-11-12-17-39(36)59-31-15-24-48-46(57)62-47(3,4)5)45(56)51(7)38-23-20-34(2)32-41(38)61-29-13-9-10-18-42(53)52-27-25-50(6)26-28-52/h11-12,16-17,20-23,32-33H,8-10,13-15,18-19,24-31H2,1-7H3,(H,48,57)(H,49,55). The number of carbonyl (C=O) groups is 5. The van der Waals surface area contributed by atoms with E-state index >= 15 is 0 Å². The average Bonchev–Trinajstić information content (AvgIpc) is 3.23. The number of aryl methyl sites for hydroxylation is 1. The fourth-order valence-electron chi connectivity index (χ4n) is 6.51. The number of unbranched alkanes of at least 4 members (excludes halogenated alkanes) is 2. The normalized spacial score (nSPS) is 12.9. The van der Waals surface area contributed by atoms with E-state index in [0.717, 1.165) is 51.0 Å². The van der Waals surface area contributed by atoms with Crippen molar-refractivity contribution >= 4 is 41.2 Å².